The highest BCUT2D eigenvalue weighted by atomic mass is 79.9. The van der Waals surface area contributed by atoms with Gasteiger partial charge in [0, 0.05) is 16.7 Å². The zero-order valence-corrected chi connectivity index (χ0v) is 24.2. The number of benzene rings is 2. The zero-order valence-electron chi connectivity index (χ0n) is 22.6. The minimum absolute atomic E-state index is 0.0793. The van der Waals surface area contributed by atoms with Crippen LogP contribution in [0.3, 0.4) is 0 Å². The molecule has 9 heteroatoms. The Labute approximate surface area is 241 Å². The number of H-pyrrole nitrogens is 2. The number of aromatic nitrogens is 3. The number of likely N-dealkylation sites (tertiary alicyclic amines) is 1. The fourth-order valence-electron chi connectivity index (χ4n) is 6.36. The summed E-state index contributed by atoms with van der Waals surface area (Å²) in [5.41, 5.74) is 5.34. The maximum atomic E-state index is 13.8. The topological polar surface area (TPSA) is 97.0 Å². The van der Waals surface area contributed by atoms with Crippen molar-refractivity contribution in [2.45, 2.75) is 57.6 Å². The summed E-state index contributed by atoms with van der Waals surface area (Å²) in [5.74, 6) is 0.421. The number of rotatable bonds is 9. The second kappa shape index (κ2) is 11.5. The third kappa shape index (κ3) is 5.60. The van der Waals surface area contributed by atoms with Crippen LogP contribution in [0.4, 0.5) is 10.1 Å². The lowest BCUT2D eigenvalue weighted by molar-refractivity contribution is 0.115. The molecular formula is C31H35BrFN5O2. The highest BCUT2D eigenvalue weighted by Crippen LogP contribution is 2.40. The number of halogens is 2. The number of aromatic amines is 2. The number of aliphatic hydroxyl groups is 1. The fourth-order valence-corrected chi connectivity index (χ4v) is 6.77. The molecule has 2 aromatic heterocycles. The molecule has 1 fully saturated rings. The summed E-state index contributed by atoms with van der Waals surface area (Å²) in [6, 6.07) is 10.4. The zero-order chi connectivity index (χ0) is 27.8. The Kier molecular flexibility index (Phi) is 7.79. The van der Waals surface area contributed by atoms with E-state index in [1.807, 2.05) is 19.1 Å². The van der Waals surface area contributed by atoms with E-state index in [2.05, 4.69) is 42.2 Å². The van der Waals surface area contributed by atoms with Crippen LogP contribution in [0.2, 0.25) is 0 Å². The molecule has 7 nitrogen and oxygen atoms in total. The molecule has 2 aromatic carbocycles. The molecule has 3 heterocycles. The Morgan fingerprint density at radius 1 is 1.23 bits per heavy atom. The van der Waals surface area contributed by atoms with Crippen LogP contribution in [0.5, 0.6) is 0 Å². The average Bonchev–Trinajstić information content (AvgIpc) is 3.65. The van der Waals surface area contributed by atoms with Crippen molar-refractivity contribution in [3.05, 3.63) is 79.9 Å². The molecule has 2 unspecified atom stereocenters. The average molecular weight is 609 g/mol. The van der Waals surface area contributed by atoms with Crippen molar-refractivity contribution in [3.63, 3.8) is 0 Å². The first-order chi connectivity index (χ1) is 19.4. The van der Waals surface area contributed by atoms with Crippen molar-refractivity contribution in [2.75, 3.05) is 25.0 Å². The van der Waals surface area contributed by atoms with Crippen LogP contribution in [-0.4, -0.2) is 50.6 Å². The number of aliphatic hydroxyl groups excluding tert-OH is 1. The van der Waals surface area contributed by atoms with Gasteiger partial charge in [-0.1, -0.05) is 15.9 Å². The van der Waals surface area contributed by atoms with Crippen LogP contribution in [0.25, 0.3) is 22.4 Å². The van der Waals surface area contributed by atoms with E-state index in [1.54, 1.807) is 12.3 Å². The molecule has 0 saturated carbocycles. The van der Waals surface area contributed by atoms with Gasteiger partial charge < -0.3 is 25.3 Å². The highest BCUT2D eigenvalue weighted by Gasteiger charge is 2.32. The van der Waals surface area contributed by atoms with Crippen LogP contribution in [0, 0.1) is 11.7 Å². The summed E-state index contributed by atoms with van der Waals surface area (Å²) in [6.07, 6.45) is 7.26. The van der Waals surface area contributed by atoms with Gasteiger partial charge in [0.25, 0.3) is 5.56 Å². The van der Waals surface area contributed by atoms with Crippen molar-refractivity contribution in [1.29, 1.82) is 0 Å². The second-order valence-electron chi connectivity index (χ2n) is 11.3. The fraction of sp³-hybridized carbons (Fsp3) is 0.419. The molecule has 0 amide bonds. The monoisotopic (exact) mass is 607 g/mol. The minimum Gasteiger partial charge on any atom is -0.388 e. The van der Waals surface area contributed by atoms with E-state index >= 15 is 0 Å². The quantitative estimate of drug-likeness (QED) is 0.189. The van der Waals surface area contributed by atoms with Gasteiger partial charge in [-0.2, -0.15) is 0 Å². The van der Waals surface area contributed by atoms with Gasteiger partial charge in [-0.3, -0.25) is 4.79 Å². The van der Waals surface area contributed by atoms with Crippen molar-refractivity contribution < 1.29 is 9.50 Å². The van der Waals surface area contributed by atoms with Crippen LogP contribution < -0.4 is 10.9 Å². The third-order valence-electron chi connectivity index (χ3n) is 8.37. The minimum atomic E-state index is -0.488. The molecule has 1 saturated heterocycles. The lowest BCUT2D eigenvalue weighted by atomic mass is 9.97. The smallest absolute Gasteiger partial charge is 0.261 e. The SMILES string of the molecule is C[C@@H](Cc1cc(F)ccc1Br)Nc1cc[nH]c(=O)c1-c1nc2cc3c(cc2[nH]1)CC(CCCN1CCCC1)C3O. The molecule has 1 aliphatic carbocycles. The Morgan fingerprint density at radius 3 is 2.88 bits per heavy atom. The molecule has 4 aromatic rings. The van der Waals surface area contributed by atoms with E-state index in [1.165, 1.54) is 38.1 Å². The lowest BCUT2D eigenvalue weighted by Gasteiger charge is -2.18. The number of nitrogens with zero attached hydrogens (tertiary/aromatic N) is 2. The Hall–Kier alpha value is -3.01. The van der Waals surface area contributed by atoms with Gasteiger partial charge in [0.2, 0.25) is 0 Å². The van der Waals surface area contributed by atoms with Crippen molar-refractivity contribution >= 4 is 32.7 Å². The number of nitrogens with one attached hydrogen (secondary N) is 3. The largest absolute Gasteiger partial charge is 0.388 e. The molecule has 40 heavy (non-hydrogen) atoms. The van der Waals surface area contributed by atoms with Crippen LogP contribution in [-0.2, 0) is 12.8 Å². The normalized spacial score (nSPS) is 19.8. The van der Waals surface area contributed by atoms with Crippen LogP contribution >= 0.6 is 15.9 Å². The Morgan fingerprint density at radius 2 is 2.05 bits per heavy atom. The van der Waals surface area contributed by atoms with E-state index in [4.69, 9.17) is 4.98 Å². The molecule has 1 aliphatic heterocycles. The Balaban J connectivity index is 1.20. The molecule has 0 spiro atoms. The van der Waals surface area contributed by atoms with Gasteiger partial charge in [-0.05, 0) is 124 Å². The highest BCUT2D eigenvalue weighted by molar-refractivity contribution is 9.10. The van der Waals surface area contributed by atoms with Gasteiger partial charge in [0.1, 0.15) is 17.2 Å². The Bertz CT molecular complexity index is 1580. The molecule has 4 N–H and O–H groups in total. The summed E-state index contributed by atoms with van der Waals surface area (Å²) >= 11 is 3.50. The predicted molar refractivity (Wildman–Crippen MR) is 160 cm³/mol. The van der Waals surface area contributed by atoms with Crippen LogP contribution in [0.15, 0.2) is 51.9 Å². The molecule has 3 atom stereocenters. The van der Waals surface area contributed by atoms with Crippen molar-refractivity contribution in [3.8, 4) is 11.4 Å². The number of pyridine rings is 1. The summed E-state index contributed by atoms with van der Waals surface area (Å²) in [4.78, 5) is 26.4. The number of fused-ring (bicyclic) bond motifs is 2. The van der Waals surface area contributed by atoms with E-state index < -0.39 is 6.10 Å². The molecule has 0 radical (unpaired) electrons. The van der Waals surface area contributed by atoms with E-state index in [-0.39, 0.29) is 23.3 Å². The number of hydrogen-bond acceptors (Lipinski definition) is 5. The maximum Gasteiger partial charge on any atom is 0.261 e. The van der Waals surface area contributed by atoms with E-state index in [9.17, 15) is 14.3 Å². The summed E-state index contributed by atoms with van der Waals surface area (Å²) in [6.45, 7) is 5.52. The van der Waals surface area contributed by atoms with Gasteiger partial charge in [0.05, 0.1) is 22.8 Å². The van der Waals surface area contributed by atoms with E-state index in [0.717, 1.165) is 58.0 Å². The lowest BCUT2D eigenvalue weighted by Crippen LogP contribution is -2.21. The number of imidazole rings is 1. The first-order valence-electron chi connectivity index (χ1n) is 14.2. The second-order valence-corrected chi connectivity index (χ2v) is 12.2. The van der Waals surface area contributed by atoms with Crippen molar-refractivity contribution in [2.24, 2.45) is 5.92 Å². The first kappa shape index (κ1) is 27.2. The third-order valence-corrected chi connectivity index (χ3v) is 9.15. The molecular weight excluding hydrogens is 573 g/mol. The summed E-state index contributed by atoms with van der Waals surface area (Å²) in [5, 5.41) is 14.5. The van der Waals surface area contributed by atoms with Gasteiger partial charge in [-0.15, -0.1) is 0 Å². The van der Waals surface area contributed by atoms with Crippen LogP contribution in [0.1, 0.15) is 55.4 Å². The van der Waals surface area contributed by atoms with E-state index in [0.29, 0.717) is 23.5 Å². The number of anilines is 1. The van der Waals surface area contributed by atoms with Gasteiger partial charge in [0.15, 0.2) is 0 Å². The molecule has 6 rings (SSSR count). The first-order valence-corrected chi connectivity index (χ1v) is 15.0. The standard InChI is InChI=1S/C31H35BrFN5O2/c1-18(13-21-15-22(33)6-7-24(21)32)35-25-8-9-34-31(40)28(25)30-36-26-16-20-14-19(5-4-12-38-10-2-3-11-38)29(39)23(20)17-27(26)37-30/h6-9,15-19,29,39H,2-5,10-14H2,1H3,(H,36,37)(H2,34,35,40)/t18-,19?,29?/m0/s1. The molecule has 210 valence electrons. The van der Waals surface area contributed by atoms with Gasteiger partial charge >= 0.3 is 0 Å². The van der Waals surface area contributed by atoms with Gasteiger partial charge in [-0.25, -0.2) is 9.37 Å². The molecule has 2 aliphatic rings. The summed E-state index contributed by atoms with van der Waals surface area (Å²) < 4.78 is 14.6. The summed E-state index contributed by atoms with van der Waals surface area (Å²) in [7, 11) is 0. The number of hydrogen-bond donors (Lipinski definition) is 4. The predicted octanol–water partition coefficient (Wildman–Crippen LogP) is 5.94. The maximum absolute atomic E-state index is 13.8. The van der Waals surface area contributed by atoms with Crippen molar-refractivity contribution in [1.82, 2.24) is 19.9 Å². The molecule has 0 bridgehead atoms.